The van der Waals surface area contributed by atoms with Gasteiger partial charge < -0.3 is 5.32 Å². The van der Waals surface area contributed by atoms with E-state index in [-0.39, 0.29) is 0 Å². The minimum atomic E-state index is -0.874. The predicted octanol–water partition coefficient (Wildman–Crippen LogP) is 2.12. The molecule has 3 rings (SSSR count). The average Bonchev–Trinajstić information content (AvgIpc) is 3.00. The molecule has 0 spiro atoms. The third-order valence-corrected chi connectivity index (χ3v) is 4.09. The molecule has 2 heterocycles. The van der Waals surface area contributed by atoms with Crippen LogP contribution in [0.15, 0.2) is 47.3 Å². The largest absolute Gasteiger partial charge is 0.323 e. The van der Waals surface area contributed by atoms with Gasteiger partial charge in [-0.05, 0) is 45.0 Å². The van der Waals surface area contributed by atoms with Crippen LogP contribution in [0.5, 0.6) is 0 Å². The molecule has 3 aromatic rings. The van der Waals surface area contributed by atoms with Crippen LogP contribution in [-0.4, -0.2) is 25.5 Å². The molecular formula is C19H18N6O2. The highest BCUT2D eigenvalue weighted by atomic mass is 16.2. The van der Waals surface area contributed by atoms with Gasteiger partial charge in [0.1, 0.15) is 12.1 Å². The van der Waals surface area contributed by atoms with Crippen LogP contribution in [0, 0.1) is 25.2 Å². The summed E-state index contributed by atoms with van der Waals surface area (Å²) in [6, 6.07) is 12.6. The number of para-hydroxylation sites is 1. The maximum absolute atomic E-state index is 12.6. The minimum absolute atomic E-state index is 0.342. The molecule has 2 aromatic heterocycles. The SMILES string of the molecule is Cc1cc(C)n(-c2ccc(=O)n(C(C)C(=O)Nc3ccccc3C#N)n2)n1. The van der Waals surface area contributed by atoms with Crippen LogP contribution in [0.2, 0.25) is 0 Å². The van der Waals surface area contributed by atoms with E-state index in [0.29, 0.717) is 17.1 Å². The second kappa shape index (κ2) is 7.25. The Morgan fingerprint density at radius 3 is 2.59 bits per heavy atom. The Kier molecular flexibility index (Phi) is 4.86. The highest BCUT2D eigenvalue weighted by molar-refractivity contribution is 5.94. The smallest absolute Gasteiger partial charge is 0.267 e. The van der Waals surface area contributed by atoms with Gasteiger partial charge in [0.05, 0.1) is 16.9 Å². The molecule has 0 saturated carbocycles. The molecule has 0 saturated heterocycles. The number of hydrogen-bond acceptors (Lipinski definition) is 5. The summed E-state index contributed by atoms with van der Waals surface area (Å²) in [5.41, 5.74) is 2.02. The van der Waals surface area contributed by atoms with E-state index >= 15 is 0 Å². The number of anilines is 1. The van der Waals surface area contributed by atoms with E-state index in [2.05, 4.69) is 15.5 Å². The fourth-order valence-corrected chi connectivity index (χ4v) is 2.70. The van der Waals surface area contributed by atoms with Crippen molar-refractivity contribution >= 4 is 11.6 Å². The Morgan fingerprint density at radius 2 is 1.93 bits per heavy atom. The topological polar surface area (TPSA) is 106 Å². The van der Waals surface area contributed by atoms with Gasteiger partial charge in [0.25, 0.3) is 5.56 Å². The van der Waals surface area contributed by atoms with E-state index in [1.54, 1.807) is 41.9 Å². The standard InChI is InChI=1S/C19H18N6O2/c1-12-10-13(2)24(22-12)17-8-9-18(26)25(23-17)14(3)19(27)21-16-7-5-4-6-15(16)11-20/h4-10,14H,1-3H3,(H,21,27). The van der Waals surface area contributed by atoms with Crippen molar-refractivity contribution < 1.29 is 4.79 Å². The number of aryl methyl sites for hydroxylation is 2. The van der Waals surface area contributed by atoms with Gasteiger partial charge in [-0.2, -0.15) is 10.4 Å². The molecule has 136 valence electrons. The summed E-state index contributed by atoms with van der Waals surface area (Å²) in [6.45, 7) is 5.32. The lowest BCUT2D eigenvalue weighted by molar-refractivity contribution is -0.119. The highest BCUT2D eigenvalue weighted by Gasteiger charge is 2.19. The van der Waals surface area contributed by atoms with Crippen LogP contribution in [0.25, 0.3) is 5.82 Å². The molecular weight excluding hydrogens is 344 g/mol. The third kappa shape index (κ3) is 3.62. The maximum atomic E-state index is 12.6. The Bertz CT molecular complexity index is 1110. The van der Waals surface area contributed by atoms with Crippen LogP contribution >= 0.6 is 0 Å². The zero-order chi connectivity index (χ0) is 19.6. The number of hydrogen-bond donors (Lipinski definition) is 1. The second-order valence-corrected chi connectivity index (χ2v) is 6.14. The number of amides is 1. The summed E-state index contributed by atoms with van der Waals surface area (Å²) in [4.78, 5) is 24.9. The zero-order valence-corrected chi connectivity index (χ0v) is 15.2. The maximum Gasteiger partial charge on any atom is 0.267 e. The third-order valence-electron chi connectivity index (χ3n) is 4.09. The van der Waals surface area contributed by atoms with Gasteiger partial charge in [-0.1, -0.05) is 12.1 Å². The molecule has 1 atom stereocenters. The molecule has 1 unspecified atom stereocenters. The first kappa shape index (κ1) is 18.1. The molecule has 0 aliphatic heterocycles. The first-order valence-electron chi connectivity index (χ1n) is 8.34. The minimum Gasteiger partial charge on any atom is -0.323 e. The Hall–Kier alpha value is -3.73. The first-order chi connectivity index (χ1) is 12.9. The predicted molar refractivity (Wildman–Crippen MR) is 99.6 cm³/mol. The van der Waals surface area contributed by atoms with Gasteiger partial charge in [-0.15, -0.1) is 5.10 Å². The van der Waals surface area contributed by atoms with Crippen LogP contribution in [0.1, 0.15) is 29.9 Å². The fourth-order valence-electron chi connectivity index (χ4n) is 2.70. The summed E-state index contributed by atoms with van der Waals surface area (Å²) < 4.78 is 2.72. The molecule has 8 nitrogen and oxygen atoms in total. The zero-order valence-electron chi connectivity index (χ0n) is 15.2. The number of nitrogens with one attached hydrogen (secondary N) is 1. The molecule has 1 N–H and O–H groups in total. The van der Waals surface area contributed by atoms with Crippen molar-refractivity contribution in [2.45, 2.75) is 26.8 Å². The van der Waals surface area contributed by atoms with E-state index in [9.17, 15) is 9.59 Å². The number of aromatic nitrogens is 4. The lowest BCUT2D eigenvalue weighted by atomic mass is 10.2. The average molecular weight is 362 g/mol. The lowest BCUT2D eigenvalue weighted by Crippen LogP contribution is -2.34. The van der Waals surface area contributed by atoms with Crippen LogP contribution < -0.4 is 10.9 Å². The van der Waals surface area contributed by atoms with Crippen molar-refractivity contribution in [3.8, 4) is 11.9 Å². The normalized spacial score (nSPS) is 11.6. The van der Waals surface area contributed by atoms with Crippen molar-refractivity contribution in [2.24, 2.45) is 0 Å². The number of nitriles is 1. The molecule has 8 heteroatoms. The highest BCUT2D eigenvalue weighted by Crippen LogP contribution is 2.16. The van der Waals surface area contributed by atoms with Crippen LogP contribution in [0.4, 0.5) is 5.69 Å². The molecule has 0 bridgehead atoms. The number of carbonyl (C=O) groups excluding carboxylic acids is 1. The van der Waals surface area contributed by atoms with E-state index in [0.717, 1.165) is 16.1 Å². The lowest BCUT2D eigenvalue weighted by Gasteiger charge is -2.15. The molecule has 0 radical (unpaired) electrons. The monoisotopic (exact) mass is 362 g/mol. The molecule has 27 heavy (non-hydrogen) atoms. The van der Waals surface area contributed by atoms with Gasteiger partial charge in [-0.3, -0.25) is 9.59 Å². The molecule has 0 aliphatic rings. The number of carbonyl (C=O) groups is 1. The molecule has 0 aliphatic carbocycles. The van der Waals surface area contributed by atoms with Gasteiger partial charge in [0, 0.05) is 11.8 Å². The Morgan fingerprint density at radius 1 is 1.19 bits per heavy atom. The van der Waals surface area contributed by atoms with E-state index in [1.807, 2.05) is 26.0 Å². The molecule has 1 amide bonds. The number of nitrogens with zero attached hydrogens (tertiary/aromatic N) is 5. The van der Waals surface area contributed by atoms with Crippen LogP contribution in [-0.2, 0) is 4.79 Å². The molecule has 0 fully saturated rings. The summed E-state index contributed by atoms with van der Waals surface area (Å²) in [6.07, 6.45) is 0. The van der Waals surface area contributed by atoms with Crippen molar-refractivity contribution in [3.63, 3.8) is 0 Å². The van der Waals surface area contributed by atoms with Gasteiger partial charge >= 0.3 is 0 Å². The Labute approximate surface area is 155 Å². The van der Waals surface area contributed by atoms with Crippen molar-refractivity contribution in [1.82, 2.24) is 19.6 Å². The summed E-state index contributed by atoms with van der Waals surface area (Å²) in [7, 11) is 0. The number of rotatable bonds is 4. The number of benzene rings is 1. The van der Waals surface area contributed by atoms with E-state index in [1.165, 1.54) is 6.07 Å². The summed E-state index contributed by atoms with van der Waals surface area (Å²) in [5, 5.41) is 20.5. The van der Waals surface area contributed by atoms with Gasteiger partial charge in [0.2, 0.25) is 5.91 Å². The van der Waals surface area contributed by atoms with E-state index in [4.69, 9.17) is 5.26 Å². The van der Waals surface area contributed by atoms with E-state index < -0.39 is 17.5 Å². The Balaban J connectivity index is 1.92. The van der Waals surface area contributed by atoms with Gasteiger partial charge in [-0.25, -0.2) is 9.36 Å². The molecule has 1 aromatic carbocycles. The summed E-state index contributed by atoms with van der Waals surface area (Å²) >= 11 is 0. The fraction of sp³-hybridized carbons (Fsp3) is 0.211. The quantitative estimate of drug-likeness (QED) is 0.765. The van der Waals surface area contributed by atoms with Crippen molar-refractivity contribution in [3.05, 3.63) is 69.8 Å². The van der Waals surface area contributed by atoms with Crippen molar-refractivity contribution in [1.29, 1.82) is 5.26 Å². The van der Waals surface area contributed by atoms with Crippen molar-refractivity contribution in [2.75, 3.05) is 5.32 Å². The van der Waals surface area contributed by atoms with Gasteiger partial charge in [0.15, 0.2) is 5.82 Å². The first-order valence-corrected chi connectivity index (χ1v) is 8.34. The van der Waals surface area contributed by atoms with Crippen LogP contribution in [0.3, 0.4) is 0 Å². The second-order valence-electron chi connectivity index (χ2n) is 6.14. The summed E-state index contributed by atoms with van der Waals surface area (Å²) in [5.74, 6) is -0.00454.